The fraction of sp³-hybridized carbons (Fsp3) is 0.462. The molecule has 0 amide bonds. The Labute approximate surface area is 87.4 Å². The molecule has 1 rings (SSSR count). The molecule has 0 bridgehead atoms. The topological polar surface area (TPSA) is 23.8 Å². The van der Waals surface area contributed by atoms with Gasteiger partial charge in [0.25, 0.3) is 0 Å². The number of hydrogen-bond acceptors (Lipinski definition) is 1. The number of unbranched alkanes of at least 4 members (excludes halogenated alkanes) is 3. The van der Waals surface area contributed by atoms with E-state index in [4.69, 9.17) is 5.26 Å². The van der Waals surface area contributed by atoms with E-state index in [1.165, 1.54) is 18.4 Å². The molecule has 0 N–H and O–H groups in total. The van der Waals surface area contributed by atoms with Gasteiger partial charge in [0.2, 0.25) is 0 Å². The summed E-state index contributed by atoms with van der Waals surface area (Å²) in [6.07, 6.45) is 4.22. The average molecular weight is 189 g/mol. The van der Waals surface area contributed by atoms with Crippen molar-refractivity contribution in [2.24, 2.45) is 0 Å². The molecule has 0 fully saturated rings. The first-order valence-electron chi connectivity index (χ1n) is 5.19. The van der Waals surface area contributed by atoms with Gasteiger partial charge >= 0.3 is 0 Å². The maximum Gasteiger partial charge on any atom is 0.0621 e. The predicted molar refractivity (Wildman–Crippen MR) is 60.9 cm³/mol. The maximum atomic E-state index is 8.04. The van der Waals surface area contributed by atoms with Crippen LogP contribution < -0.4 is 0 Å². The van der Waals surface area contributed by atoms with E-state index < -0.39 is 0 Å². The van der Waals surface area contributed by atoms with E-state index in [-0.39, 0.29) is 0 Å². The highest BCUT2D eigenvalue weighted by atomic mass is 14.2. The molecule has 0 unspecified atom stereocenters. The second kappa shape index (κ2) is 9.80. The summed E-state index contributed by atoms with van der Waals surface area (Å²) in [6.45, 7) is 4.22. The Kier molecular flexibility index (Phi) is 8.89. The second-order valence-corrected chi connectivity index (χ2v) is 3.27. The van der Waals surface area contributed by atoms with Crippen LogP contribution in [0.4, 0.5) is 0 Å². The van der Waals surface area contributed by atoms with Gasteiger partial charge in [-0.05, 0) is 13.3 Å². The van der Waals surface area contributed by atoms with Gasteiger partial charge < -0.3 is 0 Å². The summed E-state index contributed by atoms with van der Waals surface area (Å²) >= 11 is 0. The number of nitrogens with zero attached hydrogens (tertiary/aromatic N) is 1. The van der Waals surface area contributed by atoms with E-state index in [0.29, 0.717) is 0 Å². The molecule has 1 aromatic carbocycles. The van der Waals surface area contributed by atoms with Crippen molar-refractivity contribution in [1.29, 1.82) is 5.26 Å². The Morgan fingerprint density at radius 1 is 1.14 bits per heavy atom. The summed E-state index contributed by atoms with van der Waals surface area (Å²) in [5.41, 5.74) is 1.32. The Hall–Kier alpha value is -1.29. The molecule has 14 heavy (non-hydrogen) atoms. The minimum Gasteiger partial charge on any atom is -0.198 e. The molecule has 0 aromatic heterocycles. The van der Waals surface area contributed by atoms with Gasteiger partial charge in [0, 0.05) is 6.42 Å². The highest BCUT2D eigenvalue weighted by Gasteiger charge is 1.79. The van der Waals surface area contributed by atoms with E-state index in [0.717, 1.165) is 12.8 Å². The van der Waals surface area contributed by atoms with Gasteiger partial charge in [0.1, 0.15) is 0 Å². The summed E-state index contributed by atoms with van der Waals surface area (Å²) in [5, 5.41) is 8.04. The minimum atomic E-state index is 0.730. The minimum absolute atomic E-state index is 0.730. The third kappa shape index (κ3) is 8.80. The zero-order valence-electron chi connectivity index (χ0n) is 9.16. The van der Waals surface area contributed by atoms with Crippen LogP contribution in [0.3, 0.4) is 0 Å². The lowest BCUT2D eigenvalue weighted by molar-refractivity contribution is 0.734. The van der Waals surface area contributed by atoms with Gasteiger partial charge in [0.05, 0.1) is 6.07 Å². The van der Waals surface area contributed by atoms with Crippen molar-refractivity contribution in [2.75, 3.05) is 0 Å². The molecule has 0 aliphatic rings. The van der Waals surface area contributed by atoms with Gasteiger partial charge in [-0.2, -0.15) is 5.26 Å². The quantitative estimate of drug-likeness (QED) is 0.657. The molecule has 1 nitrogen and oxygen atoms in total. The molecule has 0 spiro atoms. The van der Waals surface area contributed by atoms with Crippen LogP contribution in [0, 0.1) is 18.3 Å². The highest BCUT2D eigenvalue weighted by Crippen LogP contribution is 1.95. The van der Waals surface area contributed by atoms with E-state index in [2.05, 4.69) is 32.0 Å². The monoisotopic (exact) mass is 189 g/mol. The van der Waals surface area contributed by atoms with Gasteiger partial charge in [-0.3, -0.25) is 0 Å². The smallest absolute Gasteiger partial charge is 0.0621 e. The van der Waals surface area contributed by atoms with Crippen molar-refractivity contribution in [3.05, 3.63) is 35.9 Å². The summed E-state index contributed by atoms with van der Waals surface area (Å²) in [5.74, 6) is 0. The molecule has 0 aliphatic carbocycles. The molecular weight excluding hydrogens is 170 g/mol. The van der Waals surface area contributed by atoms with Crippen LogP contribution in [0.2, 0.25) is 0 Å². The van der Waals surface area contributed by atoms with Crippen LogP contribution >= 0.6 is 0 Å². The number of benzene rings is 1. The van der Waals surface area contributed by atoms with Crippen molar-refractivity contribution in [3.8, 4) is 6.07 Å². The molecule has 0 saturated carbocycles. The summed E-state index contributed by atoms with van der Waals surface area (Å²) in [4.78, 5) is 0. The van der Waals surface area contributed by atoms with E-state index in [1.54, 1.807) is 0 Å². The number of hydrogen-bond donors (Lipinski definition) is 0. The van der Waals surface area contributed by atoms with E-state index in [9.17, 15) is 0 Å². The van der Waals surface area contributed by atoms with Crippen molar-refractivity contribution in [3.63, 3.8) is 0 Å². The first-order valence-corrected chi connectivity index (χ1v) is 5.19. The molecule has 1 aromatic rings. The Bertz CT molecular complexity index is 246. The van der Waals surface area contributed by atoms with E-state index >= 15 is 0 Å². The van der Waals surface area contributed by atoms with Crippen molar-refractivity contribution < 1.29 is 0 Å². The van der Waals surface area contributed by atoms with Crippen LogP contribution in [0.15, 0.2) is 30.3 Å². The predicted octanol–water partition coefficient (Wildman–Crippen LogP) is 4.09. The average Bonchev–Trinajstić information content (AvgIpc) is 2.21. The van der Waals surface area contributed by atoms with Crippen LogP contribution in [-0.2, 0) is 0 Å². The van der Waals surface area contributed by atoms with Gasteiger partial charge in [0.15, 0.2) is 0 Å². The Morgan fingerprint density at radius 3 is 2.14 bits per heavy atom. The summed E-state index contributed by atoms with van der Waals surface area (Å²) < 4.78 is 0. The first-order chi connectivity index (χ1) is 6.81. The number of nitriles is 1. The van der Waals surface area contributed by atoms with Gasteiger partial charge in [-0.25, -0.2) is 0 Å². The summed E-state index contributed by atoms with van der Waals surface area (Å²) in [7, 11) is 0. The van der Waals surface area contributed by atoms with Crippen LogP contribution in [0.25, 0.3) is 0 Å². The molecule has 76 valence electrons. The van der Waals surface area contributed by atoms with Gasteiger partial charge in [-0.15, -0.1) is 0 Å². The third-order valence-corrected chi connectivity index (χ3v) is 1.83. The van der Waals surface area contributed by atoms with Crippen molar-refractivity contribution in [1.82, 2.24) is 0 Å². The molecule has 0 saturated heterocycles. The van der Waals surface area contributed by atoms with Crippen LogP contribution in [0.1, 0.15) is 38.2 Å². The molecule has 1 heteroatoms. The zero-order chi connectivity index (χ0) is 10.6. The fourth-order valence-corrected chi connectivity index (χ4v) is 0.988. The van der Waals surface area contributed by atoms with Crippen molar-refractivity contribution >= 4 is 0 Å². The third-order valence-electron chi connectivity index (χ3n) is 1.83. The van der Waals surface area contributed by atoms with Gasteiger partial charge in [-0.1, -0.05) is 55.7 Å². The number of rotatable bonds is 3. The largest absolute Gasteiger partial charge is 0.198 e. The second-order valence-electron chi connectivity index (χ2n) is 3.27. The zero-order valence-corrected chi connectivity index (χ0v) is 9.16. The Morgan fingerprint density at radius 2 is 1.79 bits per heavy atom. The summed E-state index contributed by atoms with van der Waals surface area (Å²) in [6, 6.07) is 12.4. The molecule has 0 heterocycles. The molecule has 0 aliphatic heterocycles. The van der Waals surface area contributed by atoms with Crippen LogP contribution in [0.5, 0.6) is 0 Å². The fourth-order valence-electron chi connectivity index (χ4n) is 0.988. The lowest BCUT2D eigenvalue weighted by atomic mass is 10.2. The molecule has 0 radical (unpaired) electrons. The normalized spacial score (nSPS) is 8.36. The highest BCUT2D eigenvalue weighted by molar-refractivity contribution is 5.11. The molecule has 0 atom stereocenters. The lowest BCUT2D eigenvalue weighted by Crippen LogP contribution is -1.68. The molecular formula is C13H19N. The standard InChI is InChI=1S/C7H8.C6H11N/c1-7-5-3-2-4-6-7;1-2-3-4-5-6-7/h2-6H,1H3;2-5H2,1H3. The van der Waals surface area contributed by atoms with E-state index in [1.807, 2.05) is 18.2 Å². The van der Waals surface area contributed by atoms with Crippen LogP contribution in [-0.4, -0.2) is 0 Å². The lowest BCUT2D eigenvalue weighted by Gasteiger charge is -1.84. The maximum absolute atomic E-state index is 8.04. The van der Waals surface area contributed by atoms with Crippen molar-refractivity contribution in [2.45, 2.75) is 39.5 Å². The first kappa shape index (κ1) is 12.7. The number of aryl methyl sites for hydroxylation is 1. The SMILES string of the molecule is CCCCCC#N.Cc1ccccc1. The Balaban J connectivity index is 0.000000241.